The van der Waals surface area contributed by atoms with Gasteiger partial charge >= 0.3 is 0 Å². The Morgan fingerprint density at radius 2 is 2.19 bits per heavy atom. The van der Waals surface area contributed by atoms with E-state index in [0.29, 0.717) is 18.8 Å². The van der Waals surface area contributed by atoms with Crippen LogP contribution in [0.1, 0.15) is 17.0 Å². The van der Waals surface area contributed by atoms with E-state index in [1.54, 1.807) is 12.3 Å². The quantitative estimate of drug-likeness (QED) is 0.859. The fraction of sp³-hybridized carbons (Fsp3) is 0.357. The van der Waals surface area contributed by atoms with Crippen LogP contribution in [0.25, 0.3) is 0 Å². The molecule has 0 saturated carbocycles. The number of aromatic nitrogens is 4. The Labute approximate surface area is 128 Å². The van der Waals surface area contributed by atoms with Crippen molar-refractivity contribution in [2.45, 2.75) is 26.9 Å². The molecule has 1 N–H and O–H groups in total. The molecule has 7 heteroatoms. The summed E-state index contributed by atoms with van der Waals surface area (Å²) in [6.07, 6.45) is 3.15. The van der Waals surface area contributed by atoms with Crippen molar-refractivity contribution < 1.29 is 0 Å². The second kappa shape index (κ2) is 6.13. The van der Waals surface area contributed by atoms with Crippen LogP contribution in [0, 0.1) is 13.8 Å². The highest BCUT2D eigenvalue weighted by atomic mass is 35.5. The predicted octanol–water partition coefficient (Wildman–Crippen LogP) is 2.05. The lowest BCUT2D eigenvalue weighted by molar-refractivity contribution is 0.653. The predicted molar refractivity (Wildman–Crippen MR) is 83.7 cm³/mol. The van der Waals surface area contributed by atoms with Crippen molar-refractivity contribution in [3.8, 4) is 0 Å². The molecular formula is C14H18ClN5O. The number of hydrogen-bond acceptors (Lipinski definition) is 4. The lowest BCUT2D eigenvalue weighted by Gasteiger charge is -2.09. The van der Waals surface area contributed by atoms with Crippen molar-refractivity contribution in [1.29, 1.82) is 0 Å². The van der Waals surface area contributed by atoms with Gasteiger partial charge in [0.05, 0.1) is 24.1 Å². The van der Waals surface area contributed by atoms with Crippen molar-refractivity contribution >= 4 is 17.3 Å². The van der Waals surface area contributed by atoms with Crippen LogP contribution in [-0.4, -0.2) is 19.6 Å². The molecule has 0 aliphatic heterocycles. The molecule has 0 radical (unpaired) electrons. The molecule has 6 nitrogen and oxygen atoms in total. The van der Waals surface area contributed by atoms with E-state index in [4.69, 9.17) is 11.6 Å². The number of halogens is 1. The number of hydrogen-bond donors (Lipinski definition) is 1. The van der Waals surface area contributed by atoms with Crippen molar-refractivity contribution in [2.75, 3.05) is 5.32 Å². The van der Waals surface area contributed by atoms with Gasteiger partial charge in [0.25, 0.3) is 5.56 Å². The zero-order chi connectivity index (χ0) is 15.6. The van der Waals surface area contributed by atoms with E-state index >= 15 is 0 Å². The summed E-state index contributed by atoms with van der Waals surface area (Å²) in [4.78, 5) is 12.0. The normalized spacial score (nSPS) is 10.7. The third-order valence-electron chi connectivity index (χ3n) is 3.40. The summed E-state index contributed by atoms with van der Waals surface area (Å²) in [7, 11) is 1.90. The largest absolute Gasteiger partial charge is 0.378 e. The molecule has 0 aromatic carbocycles. The Balaban J connectivity index is 2.23. The molecule has 0 aliphatic rings. The van der Waals surface area contributed by atoms with E-state index in [9.17, 15) is 4.79 Å². The van der Waals surface area contributed by atoms with Gasteiger partial charge in [-0.1, -0.05) is 17.7 Å². The van der Waals surface area contributed by atoms with Gasteiger partial charge in [-0.2, -0.15) is 10.2 Å². The van der Waals surface area contributed by atoms with Gasteiger partial charge in [-0.3, -0.25) is 9.48 Å². The molecule has 0 aliphatic carbocycles. The van der Waals surface area contributed by atoms with Gasteiger partial charge < -0.3 is 5.32 Å². The summed E-state index contributed by atoms with van der Waals surface area (Å²) in [6, 6.07) is 0. The van der Waals surface area contributed by atoms with E-state index < -0.39 is 0 Å². The van der Waals surface area contributed by atoms with Gasteiger partial charge in [0.1, 0.15) is 5.02 Å². The minimum absolute atomic E-state index is 0.131. The summed E-state index contributed by atoms with van der Waals surface area (Å²) in [5, 5.41) is 11.7. The standard InChI is InChI=1S/C14H18ClN5O/c1-5-6-20-14(21)13(15)12(8-17-20)16-7-11-9(2)18-19(4)10(11)3/h5,8,16H,1,6-7H2,2-4H3. The number of aryl methyl sites for hydroxylation is 2. The van der Waals surface area contributed by atoms with E-state index in [-0.39, 0.29) is 10.6 Å². The molecule has 2 aromatic heterocycles. The number of allylic oxidation sites excluding steroid dienone is 1. The first-order valence-electron chi connectivity index (χ1n) is 6.55. The number of nitrogens with one attached hydrogen (secondary N) is 1. The highest BCUT2D eigenvalue weighted by molar-refractivity contribution is 6.32. The van der Waals surface area contributed by atoms with Crippen molar-refractivity contribution in [2.24, 2.45) is 7.05 Å². The van der Waals surface area contributed by atoms with Crippen molar-refractivity contribution in [1.82, 2.24) is 19.6 Å². The molecule has 112 valence electrons. The molecule has 21 heavy (non-hydrogen) atoms. The van der Waals surface area contributed by atoms with Crippen LogP contribution in [0.3, 0.4) is 0 Å². The maximum atomic E-state index is 12.0. The van der Waals surface area contributed by atoms with Gasteiger partial charge in [-0.05, 0) is 13.8 Å². The molecule has 0 bridgehead atoms. The van der Waals surface area contributed by atoms with Crippen LogP contribution >= 0.6 is 11.6 Å². The zero-order valence-corrected chi connectivity index (χ0v) is 13.1. The number of rotatable bonds is 5. The van der Waals surface area contributed by atoms with Gasteiger partial charge in [-0.25, -0.2) is 4.68 Å². The van der Waals surface area contributed by atoms with E-state index in [1.165, 1.54) is 4.68 Å². The Kier molecular flexibility index (Phi) is 4.47. The smallest absolute Gasteiger partial charge is 0.287 e. The Bertz CT molecular complexity index is 732. The van der Waals surface area contributed by atoms with Crippen molar-refractivity contribution in [3.05, 3.63) is 51.2 Å². The number of anilines is 1. The van der Waals surface area contributed by atoms with Crippen LogP contribution in [-0.2, 0) is 20.1 Å². The maximum absolute atomic E-state index is 12.0. The lowest BCUT2D eigenvalue weighted by atomic mass is 10.2. The van der Waals surface area contributed by atoms with Crippen LogP contribution in [0.4, 0.5) is 5.69 Å². The van der Waals surface area contributed by atoms with Gasteiger partial charge in [-0.15, -0.1) is 6.58 Å². The highest BCUT2D eigenvalue weighted by Gasteiger charge is 2.12. The van der Waals surface area contributed by atoms with Crippen LogP contribution in [0.5, 0.6) is 0 Å². The van der Waals surface area contributed by atoms with Gasteiger partial charge in [0, 0.05) is 24.8 Å². The third-order valence-corrected chi connectivity index (χ3v) is 3.77. The Morgan fingerprint density at radius 1 is 1.48 bits per heavy atom. The minimum atomic E-state index is -0.332. The first-order valence-corrected chi connectivity index (χ1v) is 6.93. The first kappa shape index (κ1) is 15.3. The number of nitrogens with zero attached hydrogens (tertiary/aromatic N) is 4. The third kappa shape index (κ3) is 3.00. The molecule has 2 rings (SSSR count). The fourth-order valence-corrected chi connectivity index (χ4v) is 2.31. The van der Waals surface area contributed by atoms with Gasteiger partial charge in [0.2, 0.25) is 0 Å². The van der Waals surface area contributed by atoms with Crippen LogP contribution < -0.4 is 10.9 Å². The summed E-state index contributed by atoms with van der Waals surface area (Å²) >= 11 is 6.09. The fourth-order valence-electron chi connectivity index (χ4n) is 2.10. The monoisotopic (exact) mass is 307 g/mol. The molecule has 0 atom stereocenters. The summed E-state index contributed by atoms with van der Waals surface area (Å²) in [5.74, 6) is 0. The zero-order valence-electron chi connectivity index (χ0n) is 12.4. The molecule has 0 saturated heterocycles. The molecule has 0 fully saturated rings. The average molecular weight is 308 g/mol. The highest BCUT2D eigenvalue weighted by Crippen LogP contribution is 2.18. The molecule has 0 amide bonds. The Morgan fingerprint density at radius 3 is 2.76 bits per heavy atom. The van der Waals surface area contributed by atoms with Crippen LogP contribution in [0.15, 0.2) is 23.6 Å². The molecule has 2 heterocycles. The molecule has 2 aromatic rings. The van der Waals surface area contributed by atoms with E-state index in [2.05, 4.69) is 22.1 Å². The first-order chi connectivity index (χ1) is 9.95. The van der Waals surface area contributed by atoms with E-state index in [1.807, 2.05) is 25.6 Å². The molecular weight excluding hydrogens is 290 g/mol. The van der Waals surface area contributed by atoms with Gasteiger partial charge in [0.15, 0.2) is 0 Å². The SMILES string of the molecule is C=CCn1ncc(NCc2c(C)nn(C)c2C)c(Cl)c1=O. The minimum Gasteiger partial charge on any atom is -0.378 e. The second-order valence-electron chi connectivity index (χ2n) is 4.77. The second-order valence-corrected chi connectivity index (χ2v) is 5.15. The topological polar surface area (TPSA) is 64.7 Å². The van der Waals surface area contributed by atoms with E-state index in [0.717, 1.165) is 17.0 Å². The lowest BCUT2D eigenvalue weighted by Crippen LogP contribution is -2.23. The molecule has 0 spiro atoms. The summed E-state index contributed by atoms with van der Waals surface area (Å²) < 4.78 is 3.09. The van der Waals surface area contributed by atoms with Crippen molar-refractivity contribution in [3.63, 3.8) is 0 Å². The summed E-state index contributed by atoms with van der Waals surface area (Å²) in [6.45, 7) is 8.40. The average Bonchev–Trinajstić information content (AvgIpc) is 2.69. The van der Waals surface area contributed by atoms with Crippen LogP contribution in [0.2, 0.25) is 5.02 Å². The summed E-state index contributed by atoms with van der Waals surface area (Å²) in [5.41, 5.74) is 3.30. The molecule has 0 unspecified atom stereocenters. The maximum Gasteiger partial charge on any atom is 0.287 e. The Hall–Kier alpha value is -2.08.